The van der Waals surface area contributed by atoms with Crippen molar-refractivity contribution in [1.82, 2.24) is 9.97 Å². The fourth-order valence-corrected chi connectivity index (χ4v) is 1.71. The number of hydrazine groups is 1. The molecule has 7 heteroatoms. The van der Waals surface area contributed by atoms with Crippen LogP contribution in [0.4, 0.5) is 11.6 Å². The third kappa shape index (κ3) is 3.52. The number of hydrogen-bond acceptors (Lipinski definition) is 7. The van der Waals surface area contributed by atoms with Crippen molar-refractivity contribution in [3.05, 3.63) is 11.4 Å². The predicted molar refractivity (Wildman–Crippen MR) is 70.5 cm³/mol. The van der Waals surface area contributed by atoms with E-state index in [4.69, 9.17) is 15.7 Å². The molecule has 0 aliphatic rings. The minimum atomic E-state index is 0.0532. The van der Waals surface area contributed by atoms with Crippen molar-refractivity contribution in [3.8, 4) is 0 Å². The van der Waals surface area contributed by atoms with E-state index in [0.29, 0.717) is 31.3 Å². The van der Waals surface area contributed by atoms with Gasteiger partial charge >= 0.3 is 0 Å². The smallest absolute Gasteiger partial charge is 0.148 e. The monoisotopic (exact) mass is 255 g/mol. The lowest BCUT2D eigenvalue weighted by molar-refractivity contribution is 0.202. The zero-order valence-electron chi connectivity index (χ0n) is 11.1. The summed E-state index contributed by atoms with van der Waals surface area (Å²) < 4.78 is 5.06. The Morgan fingerprint density at radius 1 is 1.33 bits per heavy atom. The summed E-state index contributed by atoms with van der Waals surface area (Å²) in [5.74, 6) is 7.42. The number of aryl methyl sites for hydroxylation is 1. The first-order valence-corrected chi connectivity index (χ1v) is 5.80. The molecule has 0 spiro atoms. The van der Waals surface area contributed by atoms with E-state index in [2.05, 4.69) is 15.4 Å². The van der Waals surface area contributed by atoms with E-state index in [-0.39, 0.29) is 6.61 Å². The summed E-state index contributed by atoms with van der Waals surface area (Å²) in [5.41, 5.74) is 3.41. The van der Waals surface area contributed by atoms with Gasteiger partial charge in [0.15, 0.2) is 0 Å². The molecule has 0 unspecified atom stereocenters. The number of nitrogen functional groups attached to an aromatic ring is 1. The molecule has 0 saturated heterocycles. The van der Waals surface area contributed by atoms with Crippen LogP contribution in [-0.4, -0.2) is 48.5 Å². The van der Waals surface area contributed by atoms with E-state index in [1.54, 1.807) is 14.0 Å². The van der Waals surface area contributed by atoms with Crippen LogP contribution in [0.25, 0.3) is 0 Å². The number of anilines is 2. The van der Waals surface area contributed by atoms with Crippen molar-refractivity contribution in [2.45, 2.75) is 13.8 Å². The maximum atomic E-state index is 9.12. The lowest BCUT2D eigenvalue weighted by Gasteiger charge is -2.25. The van der Waals surface area contributed by atoms with Gasteiger partial charge in [-0.2, -0.15) is 0 Å². The number of aromatic nitrogens is 2. The zero-order chi connectivity index (χ0) is 13.5. The predicted octanol–water partition coefficient (Wildman–Crippen LogP) is -0.176. The van der Waals surface area contributed by atoms with Crippen LogP contribution in [0.1, 0.15) is 11.4 Å². The van der Waals surface area contributed by atoms with Crippen LogP contribution in [0.5, 0.6) is 0 Å². The van der Waals surface area contributed by atoms with Gasteiger partial charge in [0, 0.05) is 25.8 Å². The topological polar surface area (TPSA) is 96.5 Å². The van der Waals surface area contributed by atoms with E-state index >= 15 is 0 Å². The first kappa shape index (κ1) is 14.6. The number of hydrogen-bond donors (Lipinski definition) is 3. The molecule has 1 rings (SSSR count). The second-order valence-corrected chi connectivity index (χ2v) is 3.92. The fraction of sp³-hybridized carbons (Fsp3) is 0.636. The molecular weight excluding hydrogens is 234 g/mol. The first-order valence-electron chi connectivity index (χ1n) is 5.80. The van der Waals surface area contributed by atoms with Crippen LogP contribution in [-0.2, 0) is 4.74 Å². The molecule has 0 aliphatic carbocycles. The third-order valence-corrected chi connectivity index (χ3v) is 2.60. The van der Waals surface area contributed by atoms with Crippen LogP contribution in [0.2, 0.25) is 0 Å². The standard InChI is InChI=1S/C11H21N5O2/c1-8-10(15-12)13-9(2)14-11(8)16(4-6-17)5-7-18-3/h17H,4-7,12H2,1-3H3,(H,13,14,15). The van der Waals surface area contributed by atoms with Gasteiger partial charge in [0.2, 0.25) is 0 Å². The highest BCUT2D eigenvalue weighted by Crippen LogP contribution is 2.22. The molecule has 0 aliphatic heterocycles. The fourth-order valence-electron chi connectivity index (χ4n) is 1.71. The molecule has 18 heavy (non-hydrogen) atoms. The highest BCUT2D eigenvalue weighted by Gasteiger charge is 2.14. The number of nitrogens with two attached hydrogens (primary N) is 1. The van der Waals surface area contributed by atoms with Crippen molar-refractivity contribution < 1.29 is 9.84 Å². The number of aliphatic hydroxyl groups is 1. The van der Waals surface area contributed by atoms with Crippen molar-refractivity contribution in [3.63, 3.8) is 0 Å². The first-order chi connectivity index (χ1) is 8.63. The Morgan fingerprint density at radius 3 is 2.61 bits per heavy atom. The van der Waals surface area contributed by atoms with Crippen LogP contribution >= 0.6 is 0 Å². The Kier molecular flexibility index (Phi) is 5.76. The quantitative estimate of drug-likeness (QED) is 0.459. The minimum Gasteiger partial charge on any atom is -0.395 e. The second-order valence-electron chi connectivity index (χ2n) is 3.92. The minimum absolute atomic E-state index is 0.0532. The van der Waals surface area contributed by atoms with Crippen LogP contribution in [0, 0.1) is 13.8 Å². The molecule has 0 bridgehead atoms. The maximum Gasteiger partial charge on any atom is 0.148 e. The van der Waals surface area contributed by atoms with Gasteiger partial charge in [-0.3, -0.25) is 0 Å². The van der Waals surface area contributed by atoms with E-state index < -0.39 is 0 Å². The van der Waals surface area contributed by atoms with Gasteiger partial charge in [-0.05, 0) is 13.8 Å². The lowest BCUT2D eigenvalue weighted by atomic mass is 10.2. The molecule has 102 valence electrons. The molecular formula is C11H21N5O2. The zero-order valence-corrected chi connectivity index (χ0v) is 11.1. The average Bonchev–Trinajstić information content (AvgIpc) is 2.37. The van der Waals surface area contributed by atoms with E-state index in [9.17, 15) is 0 Å². The van der Waals surface area contributed by atoms with Crippen molar-refractivity contribution in [2.24, 2.45) is 5.84 Å². The molecule has 0 atom stereocenters. The number of rotatable bonds is 7. The molecule has 4 N–H and O–H groups in total. The van der Waals surface area contributed by atoms with Gasteiger partial charge in [-0.25, -0.2) is 15.8 Å². The average molecular weight is 255 g/mol. The van der Waals surface area contributed by atoms with Crippen LogP contribution < -0.4 is 16.2 Å². The number of methoxy groups -OCH3 is 1. The number of nitrogens with one attached hydrogen (secondary N) is 1. The van der Waals surface area contributed by atoms with Crippen molar-refractivity contribution in [2.75, 3.05) is 43.7 Å². The Morgan fingerprint density at radius 2 is 2.06 bits per heavy atom. The summed E-state index contributed by atoms with van der Waals surface area (Å²) in [7, 11) is 1.64. The van der Waals surface area contributed by atoms with Gasteiger partial charge in [0.05, 0.1) is 13.2 Å². The lowest BCUT2D eigenvalue weighted by Crippen LogP contribution is -2.32. The highest BCUT2D eigenvalue weighted by atomic mass is 16.5. The molecule has 0 aromatic carbocycles. The van der Waals surface area contributed by atoms with Crippen LogP contribution in [0.15, 0.2) is 0 Å². The number of ether oxygens (including phenoxy) is 1. The molecule has 7 nitrogen and oxygen atoms in total. The van der Waals surface area contributed by atoms with Gasteiger partial charge in [-0.15, -0.1) is 0 Å². The number of nitrogens with zero attached hydrogens (tertiary/aromatic N) is 3. The summed E-state index contributed by atoms with van der Waals surface area (Å²) >= 11 is 0. The second kappa shape index (κ2) is 7.10. The summed E-state index contributed by atoms with van der Waals surface area (Å²) in [6.07, 6.45) is 0. The Balaban J connectivity index is 3.05. The molecule has 1 aromatic heterocycles. The van der Waals surface area contributed by atoms with Crippen molar-refractivity contribution >= 4 is 11.6 Å². The highest BCUT2D eigenvalue weighted by molar-refractivity contribution is 5.58. The molecule has 0 fully saturated rings. The van der Waals surface area contributed by atoms with Crippen LogP contribution in [0.3, 0.4) is 0 Å². The number of aliphatic hydroxyl groups excluding tert-OH is 1. The van der Waals surface area contributed by atoms with E-state index in [0.717, 1.165) is 11.4 Å². The van der Waals surface area contributed by atoms with E-state index in [1.807, 2.05) is 11.8 Å². The Bertz CT molecular complexity index is 386. The van der Waals surface area contributed by atoms with Gasteiger partial charge in [0.1, 0.15) is 17.5 Å². The van der Waals surface area contributed by atoms with Gasteiger partial charge in [0.25, 0.3) is 0 Å². The maximum absolute atomic E-state index is 9.12. The summed E-state index contributed by atoms with van der Waals surface area (Å²) in [6, 6.07) is 0. The molecule has 0 saturated carbocycles. The molecule has 0 amide bonds. The normalized spacial score (nSPS) is 10.5. The summed E-state index contributed by atoms with van der Waals surface area (Å²) in [4.78, 5) is 10.6. The van der Waals surface area contributed by atoms with E-state index in [1.165, 1.54) is 0 Å². The molecule has 1 heterocycles. The van der Waals surface area contributed by atoms with Crippen molar-refractivity contribution in [1.29, 1.82) is 0 Å². The Hall–Kier alpha value is -1.44. The SMILES string of the molecule is COCCN(CCO)c1nc(C)nc(NN)c1C. The summed E-state index contributed by atoms with van der Waals surface area (Å²) in [5, 5.41) is 9.12. The van der Waals surface area contributed by atoms with Gasteiger partial charge in [-0.1, -0.05) is 0 Å². The van der Waals surface area contributed by atoms with Gasteiger partial charge < -0.3 is 20.2 Å². The molecule has 0 radical (unpaired) electrons. The molecule has 1 aromatic rings. The Labute approximate surface area is 107 Å². The third-order valence-electron chi connectivity index (χ3n) is 2.60. The summed E-state index contributed by atoms with van der Waals surface area (Å²) in [6.45, 7) is 5.45. The largest absolute Gasteiger partial charge is 0.395 e.